The first-order valence-corrected chi connectivity index (χ1v) is 10.5. The van der Waals surface area contributed by atoms with Crippen molar-refractivity contribution in [2.24, 2.45) is 5.10 Å². The van der Waals surface area contributed by atoms with E-state index in [-0.39, 0.29) is 5.75 Å². The Labute approximate surface area is 171 Å². The summed E-state index contributed by atoms with van der Waals surface area (Å²) >= 11 is 0. The van der Waals surface area contributed by atoms with Crippen LogP contribution in [0.2, 0.25) is 0 Å². The smallest absolute Gasteiger partial charge is 0.250 e. The van der Waals surface area contributed by atoms with Gasteiger partial charge in [0.1, 0.15) is 5.75 Å². The summed E-state index contributed by atoms with van der Waals surface area (Å²) < 4.78 is 0. The molecule has 3 heterocycles. The van der Waals surface area contributed by atoms with Crippen molar-refractivity contribution in [2.75, 3.05) is 41.4 Å². The lowest BCUT2D eigenvalue weighted by Gasteiger charge is -2.30. The lowest BCUT2D eigenvalue weighted by atomic mass is 10.1. The van der Waals surface area contributed by atoms with E-state index in [2.05, 4.69) is 30.3 Å². The van der Waals surface area contributed by atoms with Crippen molar-refractivity contribution in [1.29, 1.82) is 0 Å². The normalized spacial score (nSPS) is 18.0. The third kappa shape index (κ3) is 4.93. The molecule has 1 aromatic heterocycles. The van der Waals surface area contributed by atoms with Crippen LogP contribution in [0.5, 0.6) is 5.75 Å². The number of nitrogens with one attached hydrogen (secondary N) is 1. The molecule has 0 radical (unpaired) electrons. The molecule has 2 fully saturated rings. The number of aromatic nitrogens is 3. The molecule has 0 atom stereocenters. The first-order chi connectivity index (χ1) is 14.2. The van der Waals surface area contributed by atoms with E-state index in [1.165, 1.54) is 38.5 Å². The van der Waals surface area contributed by atoms with Crippen LogP contribution in [0.4, 0.5) is 17.8 Å². The van der Waals surface area contributed by atoms with Gasteiger partial charge in [-0.1, -0.05) is 0 Å². The van der Waals surface area contributed by atoms with Gasteiger partial charge in [0.15, 0.2) is 0 Å². The molecule has 8 heteroatoms. The van der Waals surface area contributed by atoms with E-state index in [9.17, 15) is 5.11 Å². The fourth-order valence-corrected chi connectivity index (χ4v) is 3.78. The number of phenolic OH excluding ortho intramolecular Hbond substituents is 1. The molecule has 2 saturated heterocycles. The van der Waals surface area contributed by atoms with Crippen LogP contribution in [0.15, 0.2) is 29.4 Å². The molecular weight excluding hydrogens is 366 g/mol. The zero-order valence-corrected chi connectivity index (χ0v) is 17.0. The van der Waals surface area contributed by atoms with E-state index in [4.69, 9.17) is 4.98 Å². The minimum atomic E-state index is 0.240. The van der Waals surface area contributed by atoms with E-state index in [0.29, 0.717) is 5.95 Å². The molecule has 2 aliphatic heterocycles. The second-order valence-electron chi connectivity index (χ2n) is 7.71. The van der Waals surface area contributed by atoms with Crippen LogP contribution in [0.25, 0.3) is 0 Å². The molecule has 1 aromatic carbocycles. The van der Waals surface area contributed by atoms with Crippen LogP contribution in [0, 0.1) is 0 Å². The van der Waals surface area contributed by atoms with Crippen molar-refractivity contribution in [3.63, 3.8) is 0 Å². The highest BCUT2D eigenvalue weighted by Gasteiger charge is 2.20. The molecule has 8 nitrogen and oxygen atoms in total. The third-order valence-corrected chi connectivity index (χ3v) is 5.50. The minimum absolute atomic E-state index is 0.240. The summed E-state index contributed by atoms with van der Waals surface area (Å²) in [6, 6.07) is 6.98. The lowest BCUT2D eigenvalue weighted by Crippen LogP contribution is -2.34. The van der Waals surface area contributed by atoms with E-state index in [1.54, 1.807) is 12.1 Å². The zero-order chi connectivity index (χ0) is 20.1. The van der Waals surface area contributed by atoms with Gasteiger partial charge >= 0.3 is 0 Å². The molecule has 0 bridgehead atoms. The summed E-state index contributed by atoms with van der Waals surface area (Å²) in [7, 11) is 0. The van der Waals surface area contributed by atoms with E-state index in [0.717, 1.165) is 49.4 Å². The number of rotatable bonds is 5. The summed E-state index contributed by atoms with van der Waals surface area (Å²) in [5.74, 6) is 2.18. The van der Waals surface area contributed by atoms with Crippen LogP contribution in [-0.4, -0.2) is 51.9 Å². The number of piperidine rings is 2. The summed E-state index contributed by atoms with van der Waals surface area (Å²) in [5.41, 5.74) is 4.75. The van der Waals surface area contributed by atoms with Crippen LogP contribution >= 0.6 is 0 Å². The van der Waals surface area contributed by atoms with Gasteiger partial charge in [0.2, 0.25) is 17.8 Å². The lowest BCUT2D eigenvalue weighted by molar-refractivity contribution is 0.475. The molecule has 0 amide bonds. The summed E-state index contributed by atoms with van der Waals surface area (Å²) in [6.07, 6.45) is 7.22. The Bertz CT molecular complexity index is 804. The third-order valence-electron chi connectivity index (χ3n) is 5.50. The Balaban J connectivity index is 1.58. The molecule has 2 aliphatic rings. The van der Waals surface area contributed by atoms with Crippen molar-refractivity contribution < 1.29 is 5.11 Å². The number of anilines is 3. The predicted molar refractivity (Wildman–Crippen MR) is 116 cm³/mol. The maximum atomic E-state index is 9.46. The predicted octanol–water partition coefficient (Wildman–Crippen LogP) is 3.39. The maximum absolute atomic E-state index is 9.46. The molecule has 29 heavy (non-hydrogen) atoms. The Morgan fingerprint density at radius 3 is 1.86 bits per heavy atom. The van der Waals surface area contributed by atoms with Gasteiger partial charge in [0.05, 0.1) is 5.71 Å². The molecule has 0 spiro atoms. The van der Waals surface area contributed by atoms with Crippen LogP contribution in [-0.2, 0) is 0 Å². The Morgan fingerprint density at radius 1 is 0.828 bits per heavy atom. The molecule has 4 rings (SSSR count). The molecular formula is C21H29N7O. The largest absolute Gasteiger partial charge is 0.508 e. The fraction of sp³-hybridized carbons (Fsp3) is 0.524. The summed E-state index contributed by atoms with van der Waals surface area (Å²) in [6.45, 7) is 5.85. The number of hydrazone groups is 1. The van der Waals surface area contributed by atoms with Crippen molar-refractivity contribution in [3.8, 4) is 5.75 Å². The first-order valence-electron chi connectivity index (χ1n) is 10.5. The average Bonchev–Trinajstić information content (AvgIpc) is 2.79. The van der Waals surface area contributed by atoms with Crippen LogP contribution in [0.3, 0.4) is 0 Å². The highest BCUT2D eigenvalue weighted by Crippen LogP contribution is 2.22. The highest BCUT2D eigenvalue weighted by atomic mass is 16.3. The Hall–Kier alpha value is -2.90. The second-order valence-corrected chi connectivity index (χ2v) is 7.71. The van der Waals surface area contributed by atoms with Crippen molar-refractivity contribution in [1.82, 2.24) is 15.0 Å². The monoisotopic (exact) mass is 395 g/mol. The molecule has 154 valence electrons. The Kier molecular flexibility index (Phi) is 6.07. The first kappa shape index (κ1) is 19.4. The number of phenols is 1. The maximum Gasteiger partial charge on any atom is 0.250 e. The van der Waals surface area contributed by atoms with E-state index < -0.39 is 0 Å². The van der Waals surface area contributed by atoms with Gasteiger partial charge in [-0.05, 0) is 75.3 Å². The molecule has 2 aromatic rings. The number of hydrogen-bond donors (Lipinski definition) is 2. The SMILES string of the molecule is CC(=NNc1nc(N2CCCCC2)nc(N2CCCCC2)n1)c1ccc(O)cc1. The number of hydrogen-bond acceptors (Lipinski definition) is 8. The zero-order valence-electron chi connectivity index (χ0n) is 17.0. The minimum Gasteiger partial charge on any atom is -0.508 e. The van der Waals surface area contributed by atoms with Gasteiger partial charge in [-0.25, -0.2) is 5.43 Å². The standard InChI is InChI=1S/C21H29N7O/c1-16(17-8-10-18(29)11-9-17)25-26-19-22-20(27-12-4-2-5-13-27)24-21(23-19)28-14-6-3-7-15-28/h8-11,29H,2-7,12-15H2,1H3,(H,22,23,24,26). The van der Waals surface area contributed by atoms with Gasteiger partial charge in [-0.3, -0.25) is 0 Å². The van der Waals surface area contributed by atoms with Crippen LogP contribution < -0.4 is 15.2 Å². The summed E-state index contributed by atoms with van der Waals surface area (Å²) in [4.78, 5) is 18.6. The fourth-order valence-electron chi connectivity index (χ4n) is 3.78. The number of nitrogens with zero attached hydrogens (tertiary/aromatic N) is 6. The van der Waals surface area contributed by atoms with Crippen LogP contribution in [0.1, 0.15) is 51.0 Å². The van der Waals surface area contributed by atoms with Gasteiger partial charge in [0.25, 0.3) is 0 Å². The van der Waals surface area contributed by atoms with E-state index >= 15 is 0 Å². The Morgan fingerprint density at radius 2 is 1.34 bits per heavy atom. The molecule has 0 saturated carbocycles. The van der Waals surface area contributed by atoms with Crippen molar-refractivity contribution in [3.05, 3.63) is 29.8 Å². The quantitative estimate of drug-likeness (QED) is 0.592. The van der Waals surface area contributed by atoms with E-state index in [1.807, 2.05) is 19.1 Å². The van der Waals surface area contributed by atoms with Gasteiger partial charge in [0, 0.05) is 26.2 Å². The van der Waals surface area contributed by atoms with Gasteiger partial charge < -0.3 is 14.9 Å². The van der Waals surface area contributed by atoms with Gasteiger partial charge in [-0.2, -0.15) is 20.1 Å². The number of benzene rings is 1. The summed E-state index contributed by atoms with van der Waals surface area (Å²) in [5, 5.41) is 13.9. The molecule has 2 N–H and O–H groups in total. The molecule has 0 unspecified atom stereocenters. The van der Waals surface area contributed by atoms with Crippen molar-refractivity contribution >= 4 is 23.6 Å². The second kappa shape index (κ2) is 9.07. The number of aromatic hydroxyl groups is 1. The van der Waals surface area contributed by atoms with Gasteiger partial charge in [-0.15, -0.1) is 0 Å². The average molecular weight is 396 g/mol. The van der Waals surface area contributed by atoms with Crippen molar-refractivity contribution in [2.45, 2.75) is 45.4 Å². The molecule has 0 aliphatic carbocycles. The topological polar surface area (TPSA) is 89.8 Å². The highest BCUT2D eigenvalue weighted by molar-refractivity contribution is 5.99.